The van der Waals surface area contributed by atoms with E-state index in [2.05, 4.69) is 10.3 Å². The molecule has 0 saturated carbocycles. The molecule has 0 saturated heterocycles. The maximum atomic E-state index is 10.3. The van der Waals surface area contributed by atoms with E-state index in [0.717, 1.165) is 0 Å². The molecule has 0 bridgehead atoms. The normalized spacial score (nSPS) is 26.6. The van der Waals surface area contributed by atoms with Gasteiger partial charge in [0.05, 0.1) is 6.42 Å². The molecule has 1 aliphatic heterocycles. The number of hydrogen-bond acceptors (Lipinski definition) is 3. The van der Waals surface area contributed by atoms with Crippen molar-refractivity contribution in [3.63, 3.8) is 0 Å². The summed E-state index contributed by atoms with van der Waals surface area (Å²) in [4.78, 5) is 13.7. The maximum Gasteiger partial charge on any atom is 0.289 e. The molecule has 0 spiro atoms. The summed E-state index contributed by atoms with van der Waals surface area (Å²) < 4.78 is 0. The SMILES string of the molecule is CN=C1C=CCC([N+](=O)[O-])N1. The molecule has 0 radical (unpaired) electrons. The quantitative estimate of drug-likeness (QED) is 0.433. The zero-order valence-corrected chi connectivity index (χ0v) is 6.15. The van der Waals surface area contributed by atoms with Crippen LogP contribution in [0.2, 0.25) is 0 Å². The third-order valence-electron chi connectivity index (χ3n) is 1.44. The fraction of sp³-hybridized carbons (Fsp3) is 0.500. The number of nitrogens with one attached hydrogen (secondary N) is 1. The third kappa shape index (κ3) is 1.76. The Labute approximate surface area is 64.0 Å². The minimum atomic E-state index is -0.710. The van der Waals surface area contributed by atoms with Gasteiger partial charge in [0, 0.05) is 12.0 Å². The van der Waals surface area contributed by atoms with Crippen molar-refractivity contribution in [2.45, 2.75) is 12.6 Å². The molecule has 5 nitrogen and oxygen atoms in total. The van der Waals surface area contributed by atoms with Crippen LogP contribution >= 0.6 is 0 Å². The Balaban J connectivity index is 2.66. The Bertz CT molecular complexity index is 222. The van der Waals surface area contributed by atoms with Crippen molar-refractivity contribution < 1.29 is 4.92 Å². The monoisotopic (exact) mass is 155 g/mol. The van der Waals surface area contributed by atoms with Gasteiger partial charge in [-0.15, -0.1) is 0 Å². The summed E-state index contributed by atoms with van der Waals surface area (Å²) in [5.74, 6) is 0.568. The van der Waals surface area contributed by atoms with Gasteiger partial charge in [0.2, 0.25) is 0 Å². The second kappa shape index (κ2) is 3.14. The highest BCUT2D eigenvalue weighted by Crippen LogP contribution is 2.00. The van der Waals surface area contributed by atoms with Crippen LogP contribution in [0.4, 0.5) is 0 Å². The fourth-order valence-electron chi connectivity index (χ4n) is 0.864. The molecule has 1 N–H and O–H groups in total. The Morgan fingerprint density at radius 1 is 1.91 bits per heavy atom. The zero-order chi connectivity index (χ0) is 8.27. The molecule has 0 aliphatic carbocycles. The van der Waals surface area contributed by atoms with Crippen LogP contribution in [0.25, 0.3) is 0 Å². The second-order valence-electron chi connectivity index (χ2n) is 2.19. The Hall–Kier alpha value is -1.39. The summed E-state index contributed by atoms with van der Waals surface area (Å²) in [5.41, 5.74) is 0. The van der Waals surface area contributed by atoms with Crippen LogP contribution in [-0.4, -0.2) is 24.0 Å². The Morgan fingerprint density at radius 2 is 2.64 bits per heavy atom. The number of aliphatic imine (C=N–C) groups is 1. The molecule has 0 aromatic heterocycles. The summed E-state index contributed by atoms with van der Waals surface area (Å²) in [6.45, 7) is 0. The summed E-state index contributed by atoms with van der Waals surface area (Å²) in [7, 11) is 1.59. The minimum Gasteiger partial charge on any atom is -0.308 e. The van der Waals surface area contributed by atoms with Gasteiger partial charge in [0.1, 0.15) is 5.84 Å². The molecule has 0 fully saturated rings. The topological polar surface area (TPSA) is 67.5 Å². The number of nitrogens with zero attached hydrogens (tertiary/aromatic N) is 2. The maximum absolute atomic E-state index is 10.3. The van der Waals surface area contributed by atoms with Crippen molar-refractivity contribution in [1.82, 2.24) is 5.32 Å². The van der Waals surface area contributed by atoms with Crippen molar-refractivity contribution in [3.05, 3.63) is 22.3 Å². The predicted molar refractivity (Wildman–Crippen MR) is 41.0 cm³/mol. The van der Waals surface area contributed by atoms with Crippen molar-refractivity contribution >= 4 is 5.84 Å². The van der Waals surface area contributed by atoms with Crippen molar-refractivity contribution in [3.8, 4) is 0 Å². The lowest BCUT2D eigenvalue weighted by atomic mass is 10.2. The van der Waals surface area contributed by atoms with Gasteiger partial charge in [0.15, 0.2) is 0 Å². The van der Waals surface area contributed by atoms with Crippen LogP contribution in [0, 0.1) is 10.1 Å². The van der Waals surface area contributed by atoms with E-state index in [4.69, 9.17) is 0 Å². The highest BCUT2D eigenvalue weighted by atomic mass is 16.6. The van der Waals surface area contributed by atoms with Crippen LogP contribution in [0.5, 0.6) is 0 Å². The predicted octanol–water partition coefficient (Wildman–Crippen LogP) is 0.167. The lowest BCUT2D eigenvalue weighted by molar-refractivity contribution is -0.525. The highest BCUT2D eigenvalue weighted by Gasteiger charge is 2.21. The fourth-order valence-corrected chi connectivity index (χ4v) is 0.864. The van der Waals surface area contributed by atoms with E-state index < -0.39 is 6.17 Å². The van der Waals surface area contributed by atoms with E-state index >= 15 is 0 Å². The van der Waals surface area contributed by atoms with Crippen LogP contribution in [-0.2, 0) is 0 Å². The van der Waals surface area contributed by atoms with Gasteiger partial charge >= 0.3 is 0 Å². The van der Waals surface area contributed by atoms with Crippen LogP contribution in [0.15, 0.2) is 17.1 Å². The zero-order valence-electron chi connectivity index (χ0n) is 6.15. The lowest BCUT2D eigenvalue weighted by Gasteiger charge is -2.13. The molecular formula is C6H9N3O2. The second-order valence-corrected chi connectivity index (χ2v) is 2.19. The number of rotatable bonds is 1. The van der Waals surface area contributed by atoms with Gasteiger partial charge in [-0.2, -0.15) is 0 Å². The molecule has 1 aliphatic rings. The first-order valence-corrected chi connectivity index (χ1v) is 3.27. The molecule has 0 aromatic rings. The van der Waals surface area contributed by atoms with E-state index in [1.807, 2.05) is 0 Å². The summed E-state index contributed by atoms with van der Waals surface area (Å²) in [6, 6.07) is 0. The summed E-state index contributed by atoms with van der Waals surface area (Å²) in [5, 5.41) is 12.9. The lowest BCUT2D eigenvalue weighted by Crippen LogP contribution is -2.41. The number of hydrogen-bond donors (Lipinski definition) is 1. The molecular weight excluding hydrogens is 146 g/mol. The Kier molecular flexibility index (Phi) is 2.20. The van der Waals surface area contributed by atoms with Gasteiger partial charge in [-0.05, 0) is 6.08 Å². The first kappa shape index (κ1) is 7.71. The molecule has 1 atom stereocenters. The van der Waals surface area contributed by atoms with Gasteiger partial charge in [-0.3, -0.25) is 15.1 Å². The number of nitro groups is 1. The van der Waals surface area contributed by atoms with E-state index in [0.29, 0.717) is 12.3 Å². The van der Waals surface area contributed by atoms with Gasteiger partial charge in [-0.1, -0.05) is 6.08 Å². The van der Waals surface area contributed by atoms with E-state index in [-0.39, 0.29) is 4.92 Å². The highest BCUT2D eigenvalue weighted by molar-refractivity contribution is 5.93. The largest absolute Gasteiger partial charge is 0.308 e. The van der Waals surface area contributed by atoms with E-state index in [1.165, 1.54) is 0 Å². The molecule has 11 heavy (non-hydrogen) atoms. The van der Waals surface area contributed by atoms with Crippen molar-refractivity contribution in [2.24, 2.45) is 4.99 Å². The molecule has 0 aromatic carbocycles. The molecule has 60 valence electrons. The molecule has 1 heterocycles. The smallest absolute Gasteiger partial charge is 0.289 e. The van der Waals surface area contributed by atoms with Gasteiger partial charge < -0.3 is 5.32 Å². The Morgan fingerprint density at radius 3 is 3.18 bits per heavy atom. The van der Waals surface area contributed by atoms with E-state index in [9.17, 15) is 10.1 Å². The van der Waals surface area contributed by atoms with Crippen molar-refractivity contribution in [2.75, 3.05) is 7.05 Å². The first-order chi connectivity index (χ1) is 5.24. The minimum absolute atomic E-state index is 0.353. The van der Waals surface area contributed by atoms with Crippen LogP contribution in [0.1, 0.15) is 6.42 Å². The first-order valence-electron chi connectivity index (χ1n) is 3.27. The average molecular weight is 155 g/mol. The standard InChI is InChI=1S/C6H9N3O2/c1-7-5-3-2-4-6(8-5)9(10)11/h2-3,6H,4H2,1H3,(H,7,8). The average Bonchev–Trinajstić information content (AvgIpc) is 2.05. The molecule has 1 rings (SSSR count). The van der Waals surface area contributed by atoms with Crippen LogP contribution in [0.3, 0.4) is 0 Å². The van der Waals surface area contributed by atoms with Gasteiger partial charge in [0.25, 0.3) is 6.17 Å². The third-order valence-corrected chi connectivity index (χ3v) is 1.44. The van der Waals surface area contributed by atoms with E-state index in [1.54, 1.807) is 19.2 Å². The molecule has 5 heteroatoms. The van der Waals surface area contributed by atoms with Crippen molar-refractivity contribution in [1.29, 1.82) is 0 Å². The summed E-state index contributed by atoms with van der Waals surface area (Å²) in [6.07, 6.45) is 3.19. The van der Waals surface area contributed by atoms with Gasteiger partial charge in [-0.25, -0.2) is 0 Å². The molecule has 1 unspecified atom stereocenters. The summed E-state index contributed by atoms with van der Waals surface area (Å²) >= 11 is 0. The van der Waals surface area contributed by atoms with Crippen LogP contribution < -0.4 is 5.32 Å². The number of amidine groups is 1. The molecule has 0 amide bonds.